The molecule has 6 nitrogen and oxygen atoms in total. The van der Waals surface area contributed by atoms with Gasteiger partial charge in [-0.1, -0.05) is 0 Å². The van der Waals surface area contributed by atoms with E-state index in [0.29, 0.717) is 24.2 Å². The van der Waals surface area contributed by atoms with Crippen LogP contribution in [0.2, 0.25) is 0 Å². The molecule has 19 heavy (non-hydrogen) atoms. The van der Waals surface area contributed by atoms with Crippen molar-refractivity contribution in [1.82, 2.24) is 9.55 Å². The van der Waals surface area contributed by atoms with Crippen molar-refractivity contribution < 1.29 is 4.79 Å². The number of nitriles is 1. The molecule has 0 aliphatic carbocycles. The van der Waals surface area contributed by atoms with E-state index in [4.69, 9.17) is 11.0 Å². The minimum absolute atomic E-state index is 0.00000488. The second kappa shape index (κ2) is 4.14. The summed E-state index contributed by atoms with van der Waals surface area (Å²) in [6.45, 7) is 0. The molecule has 94 valence electrons. The van der Waals surface area contributed by atoms with Crippen LogP contribution < -0.4 is 11.1 Å². The summed E-state index contributed by atoms with van der Waals surface area (Å²) < 4.78 is 1.64. The topological polar surface area (TPSA) is 96.7 Å². The predicted molar refractivity (Wildman–Crippen MR) is 69.6 cm³/mol. The van der Waals surface area contributed by atoms with Crippen molar-refractivity contribution in [2.45, 2.75) is 12.8 Å². The molecule has 1 aliphatic rings. The lowest BCUT2D eigenvalue weighted by Gasteiger charge is -2.19. The number of rotatable bonds is 1. The van der Waals surface area contributed by atoms with Crippen LogP contribution in [0, 0.1) is 11.3 Å². The summed E-state index contributed by atoms with van der Waals surface area (Å²) in [5.74, 6) is 0.284. The number of benzene rings is 1. The van der Waals surface area contributed by atoms with E-state index < -0.39 is 0 Å². The van der Waals surface area contributed by atoms with Crippen molar-refractivity contribution in [3.8, 4) is 11.8 Å². The maximum absolute atomic E-state index is 11.3. The highest BCUT2D eigenvalue weighted by Gasteiger charge is 2.18. The number of aryl methyl sites for hydroxylation is 1. The maximum atomic E-state index is 11.3. The molecule has 0 saturated carbocycles. The van der Waals surface area contributed by atoms with Gasteiger partial charge >= 0.3 is 0 Å². The lowest BCUT2D eigenvalue weighted by Crippen LogP contribution is -2.19. The number of imidazole rings is 1. The maximum Gasteiger partial charge on any atom is 0.224 e. The SMILES string of the molecule is N#Cc1nccn1-c1cc2c(cc1N)NC(=O)CC2. The first-order chi connectivity index (χ1) is 9.19. The number of nitrogens with zero attached hydrogens (tertiary/aromatic N) is 3. The van der Waals surface area contributed by atoms with E-state index in [2.05, 4.69) is 10.3 Å². The fourth-order valence-electron chi connectivity index (χ4n) is 2.22. The van der Waals surface area contributed by atoms with Crippen LogP contribution in [0.3, 0.4) is 0 Å². The Bertz CT molecular complexity index is 710. The van der Waals surface area contributed by atoms with Crippen LogP contribution in [0.25, 0.3) is 5.69 Å². The second-order valence-corrected chi connectivity index (χ2v) is 4.35. The van der Waals surface area contributed by atoms with Crippen LogP contribution in [0.15, 0.2) is 24.5 Å². The van der Waals surface area contributed by atoms with Gasteiger partial charge in [0, 0.05) is 24.5 Å². The van der Waals surface area contributed by atoms with E-state index in [1.54, 1.807) is 23.0 Å². The molecule has 0 atom stereocenters. The molecule has 6 heteroatoms. The molecule has 0 saturated heterocycles. The van der Waals surface area contributed by atoms with E-state index in [-0.39, 0.29) is 11.7 Å². The molecule has 2 heterocycles. The molecule has 0 radical (unpaired) electrons. The summed E-state index contributed by atoms with van der Waals surface area (Å²) in [6.07, 6.45) is 4.38. The summed E-state index contributed by atoms with van der Waals surface area (Å²) in [5.41, 5.74) is 8.96. The van der Waals surface area contributed by atoms with Gasteiger partial charge in [0.2, 0.25) is 11.7 Å². The van der Waals surface area contributed by atoms with E-state index in [1.165, 1.54) is 0 Å². The van der Waals surface area contributed by atoms with Crippen LogP contribution >= 0.6 is 0 Å². The van der Waals surface area contributed by atoms with Gasteiger partial charge in [-0.25, -0.2) is 4.98 Å². The standard InChI is InChI=1S/C13H11N5O/c14-7-12-16-3-4-18(12)11-5-8-1-2-13(19)17-10(8)6-9(11)15/h3-6H,1-2,15H2,(H,17,19). The molecule has 1 aromatic heterocycles. The smallest absolute Gasteiger partial charge is 0.224 e. The largest absolute Gasteiger partial charge is 0.397 e. The highest BCUT2D eigenvalue weighted by Crippen LogP contribution is 2.30. The van der Waals surface area contributed by atoms with E-state index in [1.807, 2.05) is 12.1 Å². The van der Waals surface area contributed by atoms with Gasteiger partial charge in [0.1, 0.15) is 6.07 Å². The van der Waals surface area contributed by atoms with E-state index in [0.717, 1.165) is 11.3 Å². The molecule has 1 aromatic carbocycles. The molecule has 0 spiro atoms. The van der Waals surface area contributed by atoms with Gasteiger partial charge in [-0.05, 0) is 24.1 Å². The van der Waals surface area contributed by atoms with Gasteiger partial charge in [0.15, 0.2) is 0 Å². The van der Waals surface area contributed by atoms with Crippen LogP contribution in [0.4, 0.5) is 11.4 Å². The van der Waals surface area contributed by atoms with Crippen LogP contribution in [0.5, 0.6) is 0 Å². The van der Waals surface area contributed by atoms with E-state index in [9.17, 15) is 4.79 Å². The minimum atomic E-state index is -0.00000488. The Morgan fingerprint density at radius 1 is 1.42 bits per heavy atom. The Labute approximate surface area is 109 Å². The average molecular weight is 253 g/mol. The first kappa shape index (κ1) is 11.3. The van der Waals surface area contributed by atoms with Crippen molar-refractivity contribution in [3.05, 3.63) is 35.9 Å². The molecule has 3 rings (SSSR count). The molecule has 3 N–H and O–H groups in total. The summed E-state index contributed by atoms with van der Waals surface area (Å²) in [4.78, 5) is 15.3. The molecule has 0 bridgehead atoms. The van der Waals surface area contributed by atoms with Gasteiger partial charge in [0.25, 0.3) is 0 Å². The summed E-state index contributed by atoms with van der Waals surface area (Å²) in [7, 11) is 0. The van der Waals surface area contributed by atoms with Crippen molar-refractivity contribution in [1.29, 1.82) is 5.26 Å². The van der Waals surface area contributed by atoms with Gasteiger partial charge < -0.3 is 11.1 Å². The van der Waals surface area contributed by atoms with Gasteiger partial charge in [-0.15, -0.1) is 0 Å². The number of fused-ring (bicyclic) bond motifs is 1. The summed E-state index contributed by atoms with van der Waals surface area (Å²) in [6, 6.07) is 5.64. The number of hydrogen-bond donors (Lipinski definition) is 2. The van der Waals surface area contributed by atoms with Crippen LogP contribution in [0.1, 0.15) is 17.8 Å². The van der Waals surface area contributed by atoms with E-state index >= 15 is 0 Å². The molecule has 1 aliphatic heterocycles. The van der Waals surface area contributed by atoms with Crippen LogP contribution in [-0.4, -0.2) is 15.5 Å². The highest BCUT2D eigenvalue weighted by atomic mass is 16.1. The first-order valence-corrected chi connectivity index (χ1v) is 5.85. The fourth-order valence-corrected chi connectivity index (χ4v) is 2.22. The molecule has 0 unspecified atom stereocenters. The highest BCUT2D eigenvalue weighted by molar-refractivity contribution is 5.95. The number of carbonyl (C=O) groups excluding carboxylic acids is 1. The summed E-state index contributed by atoms with van der Waals surface area (Å²) in [5, 5.41) is 11.8. The van der Waals surface area contributed by atoms with Crippen molar-refractivity contribution in [2.24, 2.45) is 0 Å². The molecular formula is C13H11N5O. The zero-order valence-corrected chi connectivity index (χ0v) is 10.1. The van der Waals surface area contributed by atoms with Crippen molar-refractivity contribution in [3.63, 3.8) is 0 Å². The Morgan fingerprint density at radius 3 is 3.05 bits per heavy atom. The third-order valence-corrected chi connectivity index (χ3v) is 3.15. The number of anilines is 2. The normalized spacial score (nSPS) is 13.5. The third-order valence-electron chi connectivity index (χ3n) is 3.15. The predicted octanol–water partition coefficient (Wildman–Crippen LogP) is 1.21. The number of aromatic nitrogens is 2. The summed E-state index contributed by atoms with van der Waals surface area (Å²) >= 11 is 0. The zero-order chi connectivity index (χ0) is 13.4. The fraction of sp³-hybridized carbons (Fsp3) is 0.154. The minimum Gasteiger partial charge on any atom is -0.397 e. The third kappa shape index (κ3) is 1.81. The van der Waals surface area contributed by atoms with Gasteiger partial charge in [-0.3, -0.25) is 9.36 Å². The lowest BCUT2D eigenvalue weighted by atomic mass is 10.0. The molecule has 0 fully saturated rings. The average Bonchev–Trinajstić information content (AvgIpc) is 2.86. The molecule has 2 aromatic rings. The van der Waals surface area contributed by atoms with Crippen molar-refractivity contribution in [2.75, 3.05) is 11.1 Å². The Morgan fingerprint density at radius 2 is 2.26 bits per heavy atom. The Balaban J connectivity index is 2.14. The number of hydrogen-bond acceptors (Lipinski definition) is 4. The first-order valence-electron chi connectivity index (χ1n) is 5.85. The Hall–Kier alpha value is -2.81. The Kier molecular flexibility index (Phi) is 2.46. The van der Waals surface area contributed by atoms with Crippen LogP contribution in [-0.2, 0) is 11.2 Å². The number of nitrogens with two attached hydrogens (primary N) is 1. The quantitative estimate of drug-likeness (QED) is 0.746. The number of amides is 1. The number of nitrogens with one attached hydrogen (secondary N) is 1. The van der Waals surface area contributed by atoms with Crippen molar-refractivity contribution >= 4 is 17.3 Å². The zero-order valence-electron chi connectivity index (χ0n) is 10.1. The number of carbonyl (C=O) groups is 1. The monoisotopic (exact) mass is 253 g/mol. The van der Waals surface area contributed by atoms with Gasteiger partial charge in [0.05, 0.1) is 11.4 Å². The second-order valence-electron chi connectivity index (χ2n) is 4.35. The number of nitrogen functional groups attached to an aromatic ring is 1. The van der Waals surface area contributed by atoms with Gasteiger partial charge in [-0.2, -0.15) is 5.26 Å². The lowest BCUT2D eigenvalue weighted by molar-refractivity contribution is -0.116. The molecular weight excluding hydrogens is 242 g/mol. The molecule has 1 amide bonds.